The highest BCUT2D eigenvalue weighted by molar-refractivity contribution is 7.99. The third-order valence-electron chi connectivity index (χ3n) is 3.17. The summed E-state index contributed by atoms with van der Waals surface area (Å²) in [5.74, 6) is -0.329. The largest absolute Gasteiger partial charge is 0.416 e. The van der Waals surface area contributed by atoms with Gasteiger partial charge in [-0.15, -0.1) is 0 Å². The van der Waals surface area contributed by atoms with Crippen molar-refractivity contribution in [3.8, 4) is 0 Å². The zero-order valence-electron chi connectivity index (χ0n) is 13.4. The summed E-state index contributed by atoms with van der Waals surface area (Å²) in [6.07, 6.45) is -4.97. The fourth-order valence-electron chi connectivity index (χ4n) is 2.07. The molecule has 1 N–H and O–H groups in total. The van der Waals surface area contributed by atoms with Crippen LogP contribution in [0.2, 0.25) is 0 Å². The lowest BCUT2D eigenvalue weighted by atomic mass is 10.1. The van der Waals surface area contributed by atoms with Gasteiger partial charge in [-0.3, -0.25) is 25.0 Å². The van der Waals surface area contributed by atoms with Gasteiger partial charge in [0.25, 0.3) is 11.4 Å². The summed E-state index contributed by atoms with van der Waals surface area (Å²) in [6.45, 7) is 1.29. The third-order valence-corrected chi connectivity index (χ3v) is 4.30. The summed E-state index contributed by atoms with van der Waals surface area (Å²) >= 11 is 0.581. The molecule has 1 amide bonds. The second-order valence-electron chi connectivity index (χ2n) is 5.16. The van der Waals surface area contributed by atoms with Gasteiger partial charge in [0, 0.05) is 29.6 Å². The summed E-state index contributed by atoms with van der Waals surface area (Å²) in [4.78, 5) is 31.0. The van der Waals surface area contributed by atoms with Crippen molar-refractivity contribution < 1.29 is 27.8 Å². The number of halogens is 3. The molecule has 8 nitrogen and oxygen atoms in total. The lowest BCUT2D eigenvalue weighted by Gasteiger charge is -2.10. The van der Waals surface area contributed by atoms with Crippen LogP contribution in [0.4, 0.5) is 30.2 Å². The first-order valence-corrected chi connectivity index (χ1v) is 7.90. The van der Waals surface area contributed by atoms with Crippen molar-refractivity contribution in [2.75, 3.05) is 5.32 Å². The number of carbonyl (C=O) groups excluding carboxylic acids is 1. The Morgan fingerprint density at radius 3 is 1.89 bits per heavy atom. The lowest BCUT2D eigenvalue weighted by Crippen LogP contribution is -2.08. The van der Waals surface area contributed by atoms with Gasteiger partial charge in [0.2, 0.25) is 5.91 Å². The maximum absolute atomic E-state index is 12.9. The molecule has 0 aliphatic carbocycles. The van der Waals surface area contributed by atoms with Gasteiger partial charge in [-0.1, -0.05) is 11.8 Å². The summed E-state index contributed by atoms with van der Waals surface area (Å²) in [5, 5.41) is 24.9. The molecule has 2 rings (SSSR count). The molecule has 2 aromatic carbocycles. The molecule has 2 aromatic rings. The molecule has 0 radical (unpaired) electrons. The van der Waals surface area contributed by atoms with E-state index >= 15 is 0 Å². The summed E-state index contributed by atoms with van der Waals surface area (Å²) in [7, 11) is 0. The molecule has 0 unspecified atom stereocenters. The van der Waals surface area contributed by atoms with E-state index in [1.807, 2.05) is 0 Å². The molecule has 0 aromatic heterocycles. The Morgan fingerprint density at radius 1 is 1.04 bits per heavy atom. The fraction of sp³-hybridized carbons (Fsp3) is 0.133. The number of nitro groups is 2. The van der Waals surface area contributed by atoms with E-state index in [0.717, 1.165) is 0 Å². The van der Waals surface area contributed by atoms with Crippen molar-refractivity contribution >= 4 is 34.7 Å². The molecule has 0 atom stereocenters. The standard InChI is InChI=1S/C15H10F3N3O5S/c1-8(22)19-10-2-4-11(5-3-10)27-14-12(20(23)24)6-9(15(16,17)18)7-13(14)21(25)26/h2-7H,1H3,(H,19,22). The van der Waals surface area contributed by atoms with Crippen LogP contribution in [0.5, 0.6) is 0 Å². The second kappa shape index (κ2) is 7.61. The highest BCUT2D eigenvalue weighted by Gasteiger charge is 2.37. The van der Waals surface area contributed by atoms with Gasteiger partial charge in [0.05, 0.1) is 15.4 Å². The van der Waals surface area contributed by atoms with Crippen molar-refractivity contribution in [1.29, 1.82) is 0 Å². The smallest absolute Gasteiger partial charge is 0.326 e. The molecule has 0 heterocycles. The number of amides is 1. The normalized spacial score (nSPS) is 11.1. The van der Waals surface area contributed by atoms with E-state index in [1.165, 1.54) is 31.2 Å². The monoisotopic (exact) mass is 401 g/mol. The zero-order valence-corrected chi connectivity index (χ0v) is 14.3. The topological polar surface area (TPSA) is 115 Å². The molecule has 0 fully saturated rings. The van der Waals surface area contributed by atoms with E-state index in [0.29, 0.717) is 22.3 Å². The quantitative estimate of drug-likeness (QED) is 0.577. The first-order chi connectivity index (χ1) is 12.5. The van der Waals surface area contributed by atoms with Gasteiger partial charge in [-0.2, -0.15) is 13.2 Å². The van der Waals surface area contributed by atoms with Gasteiger partial charge in [-0.05, 0) is 24.3 Å². The summed E-state index contributed by atoms with van der Waals surface area (Å²) in [5.41, 5.74) is -3.10. The van der Waals surface area contributed by atoms with Gasteiger partial charge >= 0.3 is 6.18 Å². The SMILES string of the molecule is CC(=O)Nc1ccc(Sc2c([N+](=O)[O-])cc(C(F)(F)F)cc2[N+](=O)[O-])cc1. The number of alkyl halides is 3. The Hall–Kier alpha value is -3.15. The van der Waals surface area contributed by atoms with E-state index in [-0.39, 0.29) is 18.0 Å². The van der Waals surface area contributed by atoms with Crippen LogP contribution in [-0.2, 0) is 11.0 Å². The Morgan fingerprint density at radius 2 is 1.52 bits per heavy atom. The van der Waals surface area contributed by atoms with Crippen molar-refractivity contribution in [2.45, 2.75) is 22.9 Å². The molecule has 27 heavy (non-hydrogen) atoms. The molecule has 0 spiro atoms. The van der Waals surface area contributed by atoms with E-state index in [2.05, 4.69) is 5.32 Å². The minimum Gasteiger partial charge on any atom is -0.326 e. The molecule has 0 bridgehead atoms. The highest BCUT2D eigenvalue weighted by atomic mass is 32.2. The fourth-order valence-corrected chi connectivity index (χ4v) is 3.05. The zero-order chi connectivity index (χ0) is 20.4. The molecule has 142 valence electrons. The van der Waals surface area contributed by atoms with E-state index in [9.17, 15) is 38.2 Å². The van der Waals surface area contributed by atoms with Crippen molar-refractivity contribution in [1.82, 2.24) is 0 Å². The number of benzene rings is 2. The number of nitrogens with zero attached hydrogens (tertiary/aromatic N) is 2. The number of nitrogens with one attached hydrogen (secondary N) is 1. The van der Waals surface area contributed by atoms with Gasteiger partial charge < -0.3 is 5.32 Å². The van der Waals surface area contributed by atoms with Crippen LogP contribution in [0.1, 0.15) is 12.5 Å². The number of nitro benzene ring substituents is 2. The van der Waals surface area contributed by atoms with Crippen LogP contribution < -0.4 is 5.32 Å². The molecule has 0 aliphatic rings. The molecule has 0 aliphatic heterocycles. The second-order valence-corrected chi connectivity index (χ2v) is 6.25. The maximum atomic E-state index is 12.9. The first-order valence-electron chi connectivity index (χ1n) is 7.08. The summed E-state index contributed by atoms with van der Waals surface area (Å²) < 4.78 is 38.7. The predicted molar refractivity (Wildman–Crippen MR) is 89.6 cm³/mol. The Bertz CT molecular complexity index is 881. The van der Waals surface area contributed by atoms with E-state index in [4.69, 9.17) is 0 Å². The number of carbonyl (C=O) groups is 1. The van der Waals surface area contributed by atoms with Gasteiger partial charge in [0.15, 0.2) is 4.90 Å². The number of anilines is 1. The Kier molecular flexibility index (Phi) is 5.69. The van der Waals surface area contributed by atoms with Crippen LogP contribution in [-0.4, -0.2) is 15.8 Å². The number of rotatable bonds is 5. The average molecular weight is 401 g/mol. The molecular weight excluding hydrogens is 391 g/mol. The van der Waals surface area contributed by atoms with Crippen LogP contribution >= 0.6 is 11.8 Å². The lowest BCUT2D eigenvalue weighted by molar-refractivity contribution is -0.400. The highest BCUT2D eigenvalue weighted by Crippen LogP contribution is 2.45. The van der Waals surface area contributed by atoms with E-state index < -0.39 is 37.9 Å². The molecule has 12 heteroatoms. The van der Waals surface area contributed by atoms with Crippen LogP contribution in [0.25, 0.3) is 0 Å². The Labute approximate surface area is 153 Å². The van der Waals surface area contributed by atoms with Gasteiger partial charge in [0.1, 0.15) is 0 Å². The molecular formula is C15H10F3N3O5S. The van der Waals surface area contributed by atoms with Crippen molar-refractivity contribution in [2.24, 2.45) is 0 Å². The summed E-state index contributed by atoms with van der Waals surface area (Å²) in [6, 6.07) is 6.26. The average Bonchev–Trinajstić information content (AvgIpc) is 2.54. The predicted octanol–water partition coefficient (Wildman–Crippen LogP) is 4.63. The maximum Gasteiger partial charge on any atom is 0.416 e. The van der Waals surface area contributed by atoms with Crippen molar-refractivity contribution in [3.05, 3.63) is 62.2 Å². The van der Waals surface area contributed by atoms with Gasteiger partial charge in [-0.25, -0.2) is 0 Å². The molecule has 0 saturated heterocycles. The van der Waals surface area contributed by atoms with E-state index in [1.54, 1.807) is 0 Å². The number of hydrogen-bond acceptors (Lipinski definition) is 6. The Balaban J connectivity index is 2.52. The number of hydrogen-bond donors (Lipinski definition) is 1. The minimum absolute atomic E-state index is 0.265. The van der Waals surface area contributed by atoms with Crippen LogP contribution in [0.15, 0.2) is 46.2 Å². The van der Waals surface area contributed by atoms with Crippen molar-refractivity contribution in [3.63, 3.8) is 0 Å². The minimum atomic E-state index is -4.97. The van der Waals surface area contributed by atoms with Crippen LogP contribution in [0.3, 0.4) is 0 Å². The third kappa shape index (κ3) is 4.94. The first kappa shape index (κ1) is 20.2. The van der Waals surface area contributed by atoms with Crippen LogP contribution in [0, 0.1) is 20.2 Å². The molecule has 0 saturated carbocycles.